The molecule has 1 amide bonds. The number of halogens is 2. The minimum atomic E-state index is -2.93. The average molecular weight is 382 g/mol. The number of benzene rings is 1. The lowest BCUT2D eigenvalue weighted by atomic mass is 9.87. The van der Waals surface area contributed by atoms with Gasteiger partial charge in [-0.25, -0.2) is 0 Å². The number of carbonyl (C=O) groups is 2. The summed E-state index contributed by atoms with van der Waals surface area (Å²) in [4.78, 5) is 23.5. The zero-order valence-corrected chi connectivity index (χ0v) is 14.6. The lowest BCUT2D eigenvalue weighted by Gasteiger charge is -2.25. The smallest absolute Gasteiger partial charge is 0.387 e. The zero-order valence-electron chi connectivity index (χ0n) is 13.8. The van der Waals surface area contributed by atoms with Gasteiger partial charge in [-0.3, -0.25) is 9.59 Å². The van der Waals surface area contributed by atoms with E-state index in [1.165, 1.54) is 24.3 Å². The molecule has 1 aromatic carbocycles. The summed E-state index contributed by atoms with van der Waals surface area (Å²) >= 11 is 1.02. The molecule has 9 heteroatoms. The number of nitriles is 1. The fourth-order valence-corrected chi connectivity index (χ4v) is 3.31. The van der Waals surface area contributed by atoms with Gasteiger partial charge in [0.25, 0.3) is 0 Å². The summed E-state index contributed by atoms with van der Waals surface area (Å²) in [6.45, 7) is -1.00. The standard InChI is InChI=1S/C17H16F2N2O4S/c1-2-24-15(23)9-26-16-13(8-20)12(7-14(22)21-16)10-3-5-11(6-4-10)25-17(18)19/h3-6,12,17H,2,7,9H2,1H3,(H,21,22). The van der Waals surface area contributed by atoms with Crippen molar-refractivity contribution in [1.82, 2.24) is 5.32 Å². The first-order chi connectivity index (χ1) is 12.4. The van der Waals surface area contributed by atoms with Crippen molar-refractivity contribution in [3.63, 3.8) is 0 Å². The predicted molar refractivity (Wildman–Crippen MR) is 90.3 cm³/mol. The van der Waals surface area contributed by atoms with Gasteiger partial charge in [-0.2, -0.15) is 14.0 Å². The van der Waals surface area contributed by atoms with E-state index in [0.29, 0.717) is 16.2 Å². The van der Waals surface area contributed by atoms with Crippen LogP contribution in [-0.2, 0) is 14.3 Å². The molecule has 1 N–H and O–H groups in total. The second-order valence-electron chi connectivity index (χ2n) is 5.20. The molecule has 0 spiro atoms. The Morgan fingerprint density at radius 1 is 1.42 bits per heavy atom. The second kappa shape index (κ2) is 9.20. The number of alkyl halides is 2. The quantitative estimate of drug-likeness (QED) is 0.730. The molecule has 0 aromatic heterocycles. The molecule has 1 unspecified atom stereocenters. The van der Waals surface area contributed by atoms with Gasteiger partial charge in [0.1, 0.15) is 5.75 Å². The molecule has 0 saturated heterocycles. The molecular formula is C17H16F2N2O4S. The van der Waals surface area contributed by atoms with Gasteiger partial charge in [-0.15, -0.1) is 0 Å². The number of allylic oxidation sites excluding steroid dienone is 1. The molecule has 0 bridgehead atoms. The van der Waals surface area contributed by atoms with Crippen LogP contribution in [0.2, 0.25) is 0 Å². The Kier molecular flexibility index (Phi) is 6.97. The Balaban J connectivity index is 2.23. The van der Waals surface area contributed by atoms with Crippen LogP contribution in [0.15, 0.2) is 34.9 Å². The third kappa shape index (κ3) is 5.20. The van der Waals surface area contributed by atoms with Gasteiger partial charge in [-0.1, -0.05) is 23.9 Å². The number of thioether (sulfide) groups is 1. The fourth-order valence-electron chi connectivity index (χ4n) is 2.43. The summed E-state index contributed by atoms with van der Waals surface area (Å²) in [6.07, 6.45) is 0.0431. The molecular weight excluding hydrogens is 366 g/mol. The van der Waals surface area contributed by atoms with Crippen LogP contribution in [0, 0.1) is 11.3 Å². The monoisotopic (exact) mass is 382 g/mol. The van der Waals surface area contributed by atoms with E-state index in [9.17, 15) is 23.6 Å². The number of nitrogens with one attached hydrogen (secondary N) is 1. The Morgan fingerprint density at radius 2 is 2.12 bits per heavy atom. The molecule has 0 fully saturated rings. The molecule has 6 nitrogen and oxygen atoms in total. The number of amides is 1. The van der Waals surface area contributed by atoms with Crippen molar-refractivity contribution in [3.8, 4) is 11.8 Å². The number of esters is 1. The van der Waals surface area contributed by atoms with Crippen molar-refractivity contribution in [3.05, 3.63) is 40.4 Å². The molecule has 1 aliphatic rings. The number of nitrogens with zero attached hydrogens (tertiary/aromatic N) is 1. The first kappa shape index (κ1) is 19.7. The van der Waals surface area contributed by atoms with Crippen molar-refractivity contribution < 1.29 is 27.8 Å². The molecule has 0 radical (unpaired) electrons. The minimum Gasteiger partial charge on any atom is -0.465 e. The number of carbonyl (C=O) groups excluding carboxylic acids is 2. The molecule has 1 atom stereocenters. The summed E-state index contributed by atoms with van der Waals surface area (Å²) in [5.41, 5.74) is 0.925. The molecule has 26 heavy (non-hydrogen) atoms. The molecule has 0 saturated carbocycles. The lowest BCUT2D eigenvalue weighted by Crippen LogP contribution is -2.31. The van der Waals surface area contributed by atoms with E-state index >= 15 is 0 Å². The largest absolute Gasteiger partial charge is 0.465 e. The molecule has 1 aromatic rings. The highest BCUT2D eigenvalue weighted by Gasteiger charge is 2.30. The topological polar surface area (TPSA) is 88.4 Å². The fraction of sp³-hybridized carbons (Fsp3) is 0.353. The van der Waals surface area contributed by atoms with Crippen molar-refractivity contribution in [1.29, 1.82) is 5.26 Å². The summed E-state index contributed by atoms with van der Waals surface area (Å²) < 4.78 is 33.6. The van der Waals surface area contributed by atoms with Crippen LogP contribution in [0.1, 0.15) is 24.8 Å². The van der Waals surface area contributed by atoms with Gasteiger partial charge in [0, 0.05) is 12.3 Å². The molecule has 138 valence electrons. The Hall–Kier alpha value is -2.60. The maximum absolute atomic E-state index is 12.2. The van der Waals surface area contributed by atoms with Gasteiger partial charge in [0.15, 0.2) is 0 Å². The van der Waals surface area contributed by atoms with Crippen molar-refractivity contribution in [2.24, 2.45) is 0 Å². The van der Waals surface area contributed by atoms with E-state index in [2.05, 4.69) is 16.1 Å². The van der Waals surface area contributed by atoms with Crippen molar-refractivity contribution in [2.45, 2.75) is 25.9 Å². The van der Waals surface area contributed by atoms with E-state index in [-0.39, 0.29) is 30.4 Å². The van der Waals surface area contributed by atoms with Crippen LogP contribution in [0.25, 0.3) is 0 Å². The first-order valence-electron chi connectivity index (χ1n) is 7.71. The van der Waals surface area contributed by atoms with Crippen LogP contribution >= 0.6 is 11.8 Å². The van der Waals surface area contributed by atoms with Gasteiger partial charge in [0.2, 0.25) is 5.91 Å². The van der Waals surface area contributed by atoms with E-state index in [4.69, 9.17) is 4.74 Å². The van der Waals surface area contributed by atoms with Gasteiger partial charge in [-0.05, 0) is 24.6 Å². The van der Waals surface area contributed by atoms with Crippen LogP contribution < -0.4 is 10.1 Å². The van der Waals surface area contributed by atoms with E-state index < -0.39 is 18.5 Å². The Labute approximate surface area is 153 Å². The van der Waals surface area contributed by atoms with Crippen LogP contribution in [0.4, 0.5) is 8.78 Å². The SMILES string of the molecule is CCOC(=O)CSC1=C(C#N)C(c2ccc(OC(F)F)cc2)CC(=O)N1. The zero-order chi connectivity index (χ0) is 19.1. The van der Waals surface area contributed by atoms with Gasteiger partial charge < -0.3 is 14.8 Å². The van der Waals surface area contributed by atoms with Gasteiger partial charge in [0.05, 0.1) is 29.0 Å². The van der Waals surface area contributed by atoms with E-state index in [0.717, 1.165) is 11.8 Å². The third-order valence-electron chi connectivity index (χ3n) is 3.50. The second-order valence-corrected chi connectivity index (χ2v) is 6.19. The number of rotatable bonds is 7. The molecule has 0 aliphatic carbocycles. The van der Waals surface area contributed by atoms with Crippen LogP contribution in [-0.4, -0.2) is 30.8 Å². The average Bonchev–Trinajstić information content (AvgIpc) is 2.60. The van der Waals surface area contributed by atoms with Gasteiger partial charge >= 0.3 is 12.6 Å². The molecule has 2 rings (SSSR count). The van der Waals surface area contributed by atoms with E-state index in [1.54, 1.807) is 6.92 Å². The third-order valence-corrected chi connectivity index (χ3v) is 4.49. The first-order valence-corrected chi connectivity index (χ1v) is 8.70. The molecule has 1 aliphatic heterocycles. The number of ether oxygens (including phenoxy) is 2. The summed E-state index contributed by atoms with van der Waals surface area (Å²) in [5, 5.41) is 12.4. The highest BCUT2D eigenvalue weighted by molar-refractivity contribution is 8.03. The number of hydrogen-bond acceptors (Lipinski definition) is 6. The summed E-state index contributed by atoms with van der Waals surface area (Å²) in [7, 11) is 0. The molecule has 1 heterocycles. The van der Waals surface area contributed by atoms with Crippen molar-refractivity contribution >= 4 is 23.6 Å². The minimum absolute atomic E-state index is 0.0107. The summed E-state index contributed by atoms with van der Waals surface area (Å²) in [6, 6.07) is 7.84. The highest BCUT2D eigenvalue weighted by Crippen LogP contribution is 2.36. The maximum atomic E-state index is 12.2. The van der Waals surface area contributed by atoms with Crippen LogP contribution in [0.5, 0.6) is 5.75 Å². The normalized spacial score (nSPS) is 16.9. The van der Waals surface area contributed by atoms with Crippen LogP contribution in [0.3, 0.4) is 0 Å². The maximum Gasteiger partial charge on any atom is 0.387 e. The van der Waals surface area contributed by atoms with Crippen molar-refractivity contribution in [2.75, 3.05) is 12.4 Å². The lowest BCUT2D eigenvalue weighted by molar-refractivity contribution is -0.139. The Morgan fingerprint density at radius 3 is 2.69 bits per heavy atom. The highest BCUT2D eigenvalue weighted by atomic mass is 32.2. The Bertz CT molecular complexity index is 744. The predicted octanol–water partition coefficient (Wildman–Crippen LogP) is 2.92. The summed E-state index contributed by atoms with van der Waals surface area (Å²) in [5.74, 6) is -1.33. The van der Waals surface area contributed by atoms with E-state index in [1.807, 2.05) is 0 Å². The number of hydrogen-bond donors (Lipinski definition) is 1.